The van der Waals surface area contributed by atoms with Crippen LogP contribution in [0.2, 0.25) is 0 Å². The summed E-state index contributed by atoms with van der Waals surface area (Å²) in [6, 6.07) is 4.55. The van der Waals surface area contributed by atoms with Gasteiger partial charge in [0, 0.05) is 5.41 Å². The zero-order valence-corrected chi connectivity index (χ0v) is 12.2. The Kier molecular flexibility index (Phi) is 4.89. The summed E-state index contributed by atoms with van der Waals surface area (Å²) in [5.74, 6) is 0.317. The molecular formula is C12H15BrFNOS. The van der Waals surface area contributed by atoms with Crippen LogP contribution in [0.5, 0.6) is 5.75 Å². The molecule has 0 amide bonds. The van der Waals surface area contributed by atoms with E-state index in [9.17, 15) is 4.39 Å². The monoisotopic (exact) mass is 319 g/mol. The first-order chi connectivity index (χ1) is 7.83. The fraction of sp³-hybridized carbons (Fsp3) is 0.417. The predicted octanol–water partition coefficient (Wildman–Crippen LogP) is 3.67. The molecule has 0 saturated carbocycles. The van der Waals surface area contributed by atoms with E-state index in [1.54, 1.807) is 12.1 Å². The maximum Gasteiger partial charge on any atom is 0.137 e. The minimum atomic E-state index is -0.305. The lowest BCUT2D eigenvalue weighted by Gasteiger charge is -2.22. The lowest BCUT2D eigenvalue weighted by Crippen LogP contribution is -2.31. The molecule has 1 aromatic carbocycles. The molecule has 0 unspecified atom stereocenters. The fourth-order valence-corrected chi connectivity index (χ4v) is 1.57. The van der Waals surface area contributed by atoms with Gasteiger partial charge in [-0.1, -0.05) is 26.1 Å². The van der Waals surface area contributed by atoms with Crippen LogP contribution in [0.4, 0.5) is 4.39 Å². The Morgan fingerprint density at radius 1 is 1.53 bits per heavy atom. The number of hydrogen-bond acceptors (Lipinski definition) is 2. The first-order valence-electron chi connectivity index (χ1n) is 5.21. The van der Waals surface area contributed by atoms with Crippen molar-refractivity contribution >= 4 is 33.1 Å². The van der Waals surface area contributed by atoms with Crippen LogP contribution in [-0.4, -0.2) is 11.6 Å². The highest BCUT2D eigenvalue weighted by Gasteiger charge is 2.21. The first-order valence-corrected chi connectivity index (χ1v) is 6.41. The Balaban J connectivity index is 2.51. The molecule has 17 heavy (non-hydrogen) atoms. The molecule has 0 bridgehead atoms. The number of hydrogen-bond donors (Lipinski definition) is 1. The normalized spacial score (nSPS) is 11.3. The molecule has 1 aromatic rings. The van der Waals surface area contributed by atoms with E-state index in [1.807, 2.05) is 13.8 Å². The van der Waals surface area contributed by atoms with Gasteiger partial charge in [0.15, 0.2) is 0 Å². The molecule has 0 fully saturated rings. The number of benzene rings is 1. The predicted molar refractivity (Wildman–Crippen MR) is 74.8 cm³/mol. The van der Waals surface area contributed by atoms with Crippen molar-refractivity contribution in [2.45, 2.75) is 20.3 Å². The summed E-state index contributed by atoms with van der Waals surface area (Å²) in [6.45, 7) is 4.43. The molecule has 2 N–H and O–H groups in total. The lowest BCUT2D eigenvalue weighted by molar-refractivity contribution is 0.270. The highest BCUT2D eigenvalue weighted by Crippen LogP contribution is 2.24. The van der Waals surface area contributed by atoms with Gasteiger partial charge in [0.25, 0.3) is 0 Å². The van der Waals surface area contributed by atoms with Crippen LogP contribution >= 0.6 is 28.1 Å². The van der Waals surface area contributed by atoms with E-state index >= 15 is 0 Å². The van der Waals surface area contributed by atoms with Gasteiger partial charge in [0.2, 0.25) is 0 Å². The van der Waals surface area contributed by atoms with Crippen molar-refractivity contribution in [3.8, 4) is 5.75 Å². The standard InChI is InChI=1S/C12H15BrFNOS/c1-12(2,11(15)17)5-6-16-8-3-4-10(14)9(13)7-8/h3-4,7H,5-6H2,1-2H3,(H2,15,17). The first kappa shape index (κ1) is 14.4. The molecule has 0 saturated heterocycles. The smallest absolute Gasteiger partial charge is 0.137 e. The van der Waals surface area contributed by atoms with Crippen LogP contribution in [-0.2, 0) is 0 Å². The van der Waals surface area contributed by atoms with Gasteiger partial charge in [-0.2, -0.15) is 0 Å². The van der Waals surface area contributed by atoms with Gasteiger partial charge < -0.3 is 10.5 Å². The summed E-state index contributed by atoms with van der Waals surface area (Å²) in [6.07, 6.45) is 0.720. The maximum atomic E-state index is 13.0. The van der Waals surface area contributed by atoms with E-state index in [0.717, 1.165) is 6.42 Å². The molecule has 5 heteroatoms. The SMILES string of the molecule is CC(C)(CCOc1ccc(F)c(Br)c1)C(N)=S. The van der Waals surface area contributed by atoms with Gasteiger partial charge in [-0.05, 0) is 40.5 Å². The largest absolute Gasteiger partial charge is 0.494 e. The van der Waals surface area contributed by atoms with E-state index in [4.69, 9.17) is 22.7 Å². The Labute approximate surface area is 114 Å². The molecule has 0 radical (unpaired) electrons. The van der Waals surface area contributed by atoms with Gasteiger partial charge in [0.1, 0.15) is 11.6 Å². The molecule has 0 aliphatic rings. The lowest BCUT2D eigenvalue weighted by atomic mass is 9.90. The fourth-order valence-electron chi connectivity index (χ4n) is 1.11. The second-order valence-corrected chi connectivity index (χ2v) is 5.72. The molecule has 94 valence electrons. The van der Waals surface area contributed by atoms with Crippen molar-refractivity contribution in [2.24, 2.45) is 11.1 Å². The van der Waals surface area contributed by atoms with E-state index in [-0.39, 0.29) is 11.2 Å². The van der Waals surface area contributed by atoms with Crippen molar-refractivity contribution < 1.29 is 9.13 Å². The summed E-state index contributed by atoms with van der Waals surface area (Å²) in [5, 5.41) is 0. The number of thiocarbonyl (C=S) groups is 1. The van der Waals surface area contributed by atoms with Crippen LogP contribution in [0.25, 0.3) is 0 Å². The minimum Gasteiger partial charge on any atom is -0.494 e. The summed E-state index contributed by atoms with van der Waals surface area (Å²) >= 11 is 8.07. The van der Waals surface area contributed by atoms with Crippen molar-refractivity contribution in [1.29, 1.82) is 0 Å². The zero-order valence-electron chi connectivity index (χ0n) is 9.80. The van der Waals surface area contributed by atoms with Crippen LogP contribution in [0.15, 0.2) is 22.7 Å². The maximum absolute atomic E-state index is 13.0. The molecule has 0 aliphatic heterocycles. The molecule has 0 aromatic heterocycles. The van der Waals surface area contributed by atoms with Crippen LogP contribution in [0, 0.1) is 11.2 Å². The zero-order chi connectivity index (χ0) is 13.1. The molecule has 0 aliphatic carbocycles. The van der Waals surface area contributed by atoms with Gasteiger partial charge >= 0.3 is 0 Å². The average molecular weight is 320 g/mol. The van der Waals surface area contributed by atoms with Crippen LogP contribution < -0.4 is 10.5 Å². The van der Waals surface area contributed by atoms with Gasteiger partial charge in [-0.25, -0.2) is 4.39 Å². The highest BCUT2D eigenvalue weighted by molar-refractivity contribution is 9.10. The highest BCUT2D eigenvalue weighted by atomic mass is 79.9. The Morgan fingerprint density at radius 2 is 2.18 bits per heavy atom. The Hall–Kier alpha value is -0.680. The summed E-state index contributed by atoms with van der Waals surface area (Å²) in [5.41, 5.74) is 5.38. The van der Waals surface area contributed by atoms with Crippen molar-refractivity contribution in [2.75, 3.05) is 6.61 Å². The molecule has 0 heterocycles. The molecular weight excluding hydrogens is 305 g/mol. The van der Waals surface area contributed by atoms with Crippen molar-refractivity contribution in [3.05, 3.63) is 28.5 Å². The number of rotatable bonds is 5. The topological polar surface area (TPSA) is 35.2 Å². The van der Waals surface area contributed by atoms with Crippen molar-refractivity contribution in [1.82, 2.24) is 0 Å². The van der Waals surface area contributed by atoms with Crippen LogP contribution in [0.3, 0.4) is 0 Å². The molecule has 0 atom stereocenters. The second-order valence-electron chi connectivity index (χ2n) is 4.42. The third-order valence-corrected chi connectivity index (χ3v) is 3.71. The average Bonchev–Trinajstić information content (AvgIpc) is 2.23. The number of ether oxygens (including phenoxy) is 1. The third kappa shape index (κ3) is 4.24. The van der Waals surface area contributed by atoms with Gasteiger partial charge in [-0.3, -0.25) is 0 Å². The summed E-state index contributed by atoms with van der Waals surface area (Å²) in [4.78, 5) is 0.474. The third-order valence-electron chi connectivity index (χ3n) is 2.55. The number of halogens is 2. The van der Waals surface area contributed by atoms with Crippen LogP contribution in [0.1, 0.15) is 20.3 Å². The van der Waals surface area contributed by atoms with Gasteiger partial charge in [0.05, 0.1) is 16.1 Å². The molecule has 1 rings (SSSR count). The number of nitrogens with two attached hydrogens (primary N) is 1. The van der Waals surface area contributed by atoms with E-state index in [2.05, 4.69) is 15.9 Å². The molecule has 2 nitrogen and oxygen atoms in total. The summed E-state index contributed by atoms with van der Waals surface area (Å²) in [7, 11) is 0. The minimum absolute atomic E-state index is 0.230. The molecule has 0 spiro atoms. The van der Waals surface area contributed by atoms with Crippen molar-refractivity contribution in [3.63, 3.8) is 0 Å². The Morgan fingerprint density at radius 3 is 2.71 bits per heavy atom. The van der Waals surface area contributed by atoms with E-state index < -0.39 is 0 Å². The Bertz CT molecular complexity index is 423. The summed E-state index contributed by atoms with van der Waals surface area (Å²) < 4.78 is 18.9. The van der Waals surface area contributed by atoms with Gasteiger partial charge in [-0.15, -0.1) is 0 Å². The van der Waals surface area contributed by atoms with E-state index in [1.165, 1.54) is 6.07 Å². The quantitative estimate of drug-likeness (QED) is 0.841. The van der Waals surface area contributed by atoms with E-state index in [0.29, 0.717) is 21.8 Å². The second kappa shape index (κ2) is 5.78.